The van der Waals surface area contributed by atoms with Gasteiger partial charge < -0.3 is 15.7 Å². The van der Waals surface area contributed by atoms with Crippen LogP contribution < -0.4 is 5.73 Å². The third kappa shape index (κ3) is 2.70. The second-order valence-corrected chi connectivity index (χ2v) is 4.17. The smallest absolute Gasteiger partial charge is 0.0719 e. The van der Waals surface area contributed by atoms with Crippen LogP contribution in [0.25, 0.3) is 0 Å². The van der Waals surface area contributed by atoms with Crippen molar-refractivity contribution in [3.63, 3.8) is 0 Å². The minimum Gasteiger partial charge on any atom is -0.396 e. The van der Waals surface area contributed by atoms with E-state index in [1.807, 2.05) is 10.9 Å². The molecule has 0 amide bonds. The molecule has 1 atom stereocenters. The molecule has 1 aliphatic rings. The van der Waals surface area contributed by atoms with Gasteiger partial charge in [-0.1, -0.05) is 0 Å². The number of aliphatic hydroxyl groups excluding tert-OH is 1. The highest BCUT2D eigenvalue weighted by atomic mass is 16.3. The van der Waals surface area contributed by atoms with Crippen LogP contribution >= 0.6 is 0 Å². The van der Waals surface area contributed by atoms with Gasteiger partial charge >= 0.3 is 0 Å². The maximum Gasteiger partial charge on any atom is 0.0719 e. The zero-order valence-electron chi connectivity index (χ0n) is 8.84. The summed E-state index contributed by atoms with van der Waals surface area (Å²) in [5.74, 6) is 0.465. The third-order valence-electron chi connectivity index (χ3n) is 2.93. The zero-order chi connectivity index (χ0) is 10.7. The predicted molar refractivity (Wildman–Crippen MR) is 58.3 cm³/mol. The molecule has 5 heteroatoms. The van der Waals surface area contributed by atoms with E-state index in [4.69, 9.17) is 10.8 Å². The van der Waals surface area contributed by atoms with Crippen LogP contribution in [0.5, 0.6) is 0 Å². The summed E-state index contributed by atoms with van der Waals surface area (Å²) in [5, 5.41) is 13.1. The average Bonchev–Trinajstić information content (AvgIpc) is 2.83. The molecule has 15 heavy (non-hydrogen) atoms. The van der Waals surface area contributed by atoms with Crippen LogP contribution in [-0.2, 0) is 6.54 Å². The quantitative estimate of drug-likeness (QED) is 0.721. The SMILES string of the molecule is Nc1cnn(CCN2CCC(CO)C2)c1. The lowest BCUT2D eigenvalue weighted by Gasteiger charge is -2.15. The van der Waals surface area contributed by atoms with Crippen molar-refractivity contribution >= 4 is 5.69 Å². The second kappa shape index (κ2) is 4.63. The van der Waals surface area contributed by atoms with Gasteiger partial charge in [0.1, 0.15) is 0 Å². The van der Waals surface area contributed by atoms with Crippen molar-refractivity contribution in [3.8, 4) is 0 Å². The fourth-order valence-electron chi connectivity index (χ4n) is 2.01. The van der Waals surface area contributed by atoms with Crippen LogP contribution in [0.1, 0.15) is 6.42 Å². The number of rotatable bonds is 4. The highest BCUT2D eigenvalue weighted by molar-refractivity contribution is 5.30. The second-order valence-electron chi connectivity index (χ2n) is 4.17. The molecular weight excluding hydrogens is 192 g/mol. The van der Waals surface area contributed by atoms with Gasteiger partial charge in [-0.2, -0.15) is 5.10 Å². The van der Waals surface area contributed by atoms with Crippen LogP contribution in [0.2, 0.25) is 0 Å². The number of hydrogen-bond donors (Lipinski definition) is 2. The first-order valence-electron chi connectivity index (χ1n) is 5.39. The molecule has 1 saturated heterocycles. The van der Waals surface area contributed by atoms with Crippen molar-refractivity contribution in [1.29, 1.82) is 0 Å². The maximum absolute atomic E-state index is 9.01. The minimum atomic E-state index is 0.311. The van der Waals surface area contributed by atoms with E-state index < -0.39 is 0 Å². The van der Waals surface area contributed by atoms with E-state index in [9.17, 15) is 0 Å². The van der Waals surface area contributed by atoms with E-state index in [0.29, 0.717) is 18.2 Å². The molecule has 0 aliphatic carbocycles. The molecule has 3 N–H and O–H groups in total. The van der Waals surface area contributed by atoms with Crippen LogP contribution in [0.4, 0.5) is 5.69 Å². The molecule has 1 aromatic rings. The molecule has 0 bridgehead atoms. The van der Waals surface area contributed by atoms with Gasteiger partial charge in [0, 0.05) is 25.9 Å². The van der Waals surface area contributed by atoms with Crippen LogP contribution in [0, 0.1) is 5.92 Å². The first kappa shape index (κ1) is 10.4. The number of nitrogen functional groups attached to an aromatic ring is 1. The molecule has 1 fully saturated rings. The van der Waals surface area contributed by atoms with E-state index >= 15 is 0 Å². The van der Waals surface area contributed by atoms with Crippen molar-refractivity contribution < 1.29 is 5.11 Å². The van der Waals surface area contributed by atoms with E-state index in [1.54, 1.807) is 6.20 Å². The highest BCUT2D eigenvalue weighted by Crippen LogP contribution is 2.14. The molecule has 5 nitrogen and oxygen atoms in total. The molecule has 0 saturated carbocycles. The number of hydrogen-bond acceptors (Lipinski definition) is 4. The van der Waals surface area contributed by atoms with E-state index in [2.05, 4.69) is 10.00 Å². The van der Waals surface area contributed by atoms with E-state index in [0.717, 1.165) is 32.6 Å². The Morgan fingerprint density at radius 1 is 1.53 bits per heavy atom. The van der Waals surface area contributed by atoms with E-state index in [1.165, 1.54) is 0 Å². The molecule has 1 unspecified atom stereocenters. The Balaban J connectivity index is 1.75. The van der Waals surface area contributed by atoms with Gasteiger partial charge in [0.25, 0.3) is 0 Å². The van der Waals surface area contributed by atoms with Gasteiger partial charge in [0.05, 0.1) is 18.4 Å². The third-order valence-corrected chi connectivity index (χ3v) is 2.93. The van der Waals surface area contributed by atoms with Gasteiger partial charge in [0.15, 0.2) is 0 Å². The first-order valence-corrected chi connectivity index (χ1v) is 5.39. The van der Waals surface area contributed by atoms with Crippen LogP contribution in [-0.4, -0.2) is 46.0 Å². The lowest BCUT2D eigenvalue weighted by Crippen LogP contribution is -2.25. The molecule has 0 radical (unpaired) electrons. The average molecular weight is 210 g/mol. The summed E-state index contributed by atoms with van der Waals surface area (Å²) < 4.78 is 1.86. The monoisotopic (exact) mass is 210 g/mol. The summed E-state index contributed by atoms with van der Waals surface area (Å²) in [6, 6.07) is 0. The minimum absolute atomic E-state index is 0.311. The van der Waals surface area contributed by atoms with Crippen molar-refractivity contribution in [2.24, 2.45) is 5.92 Å². The zero-order valence-corrected chi connectivity index (χ0v) is 8.84. The number of aliphatic hydroxyl groups is 1. The molecule has 0 spiro atoms. The summed E-state index contributed by atoms with van der Waals surface area (Å²) in [4.78, 5) is 2.36. The van der Waals surface area contributed by atoms with Crippen molar-refractivity contribution in [2.45, 2.75) is 13.0 Å². The standard InChI is InChI=1S/C10H18N4O/c11-10-5-12-14(7-10)4-3-13-2-1-9(6-13)8-15/h5,7,9,15H,1-4,6,8,11H2. The lowest BCUT2D eigenvalue weighted by molar-refractivity contribution is 0.219. The van der Waals surface area contributed by atoms with Gasteiger partial charge in [0.2, 0.25) is 0 Å². The van der Waals surface area contributed by atoms with Gasteiger partial charge in [-0.25, -0.2) is 0 Å². The first-order chi connectivity index (χ1) is 7.28. The Morgan fingerprint density at radius 3 is 3.00 bits per heavy atom. The summed E-state index contributed by atoms with van der Waals surface area (Å²) >= 11 is 0. The van der Waals surface area contributed by atoms with Gasteiger partial charge in [-0.15, -0.1) is 0 Å². The fourth-order valence-corrected chi connectivity index (χ4v) is 2.01. The summed E-state index contributed by atoms with van der Waals surface area (Å²) in [7, 11) is 0. The molecule has 2 heterocycles. The van der Waals surface area contributed by atoms with Crippen LogP contribution in [0.3, 0.4) is 0 Å². The van der Waals surface area contributed by atoms with Gasteiger partial charge in [-0.3, -0.25) is 4.68 Å². The van der Waals surface area contributed by atoms with Crippen molar-refractivity contribution in [1.82, 2.24) is 14.7 Å². The number of likely N-dealkylation sites (tertiary alicyclic amines) is 1. The summed E-state index contributed by atoms with van der Waals surface area (Å²) in [6.45, 7) is 4.26. The maximum atomic E-state index is 9.01. The number of nitrogens with zero attached hydrogens (tertiary/aromatic N) is 3. The van der Waals surface area contributed by atoms with E-state index in [-0.39, 0.29) is 0 Å². The Labute approximate surface area is 89.5 Å². The van der Waals surface area contributed by atoms with Gasteiger partial charge in [-0.05, 0) is 18.9 Å². The molecule has 84 valence electrons. The largest absolute Gasteiger partial charge is 0.396 e. The topological polar surface area (TPSA) is 67.3 Å². The summed E-state index contributed by atoms with van der Waals surface area (Å²) in [6.07, 6.45) is 4.62. The molecule has 0 aromatic carbocycles. The van der Waals surface area contributed by atoms with Crippen molar-refractivity contribution in [3.05, 3.63) is 12.4 Å². The number of nitrogens with two attached hydrogens (primary N) is 1. The predicted octanol–water partition coefficient (Wildman–Crippen LogP) is -0.221. The number of aromatic nitrogens is 2. The lowest BCUT2D eigenvalue weighted by atomic mass is 10.1. The Kier molecular flexibility index (Phi) is 3.23. The number of anilines is 1. The Morgan fingerprint density at radius 2 is 2.40 bits per heavy atom. The fraction of sp³-hybridized carbons (Fsp3) is 0.700. The Hall–Kier alpha value is -1.07. The molecular formula is C10H18N4O. The highest BCUT2D eigenvalue weighted by Gasteiger charge is 2.20. The Bertz CT molecular complexity index is 312. The summed E-state index contributed by atoms with van der Waals surface area (Å²) in [5.41, 5.74) is 6.29. The van der Waals surface area contributed by atoms with Crippen molar-refractivity contribution in [2.75, 3.05) is 32.0 Å². The molecule has 1 aliphatic heterocycles. The normalized spacial score (nSPS) is 22.3. The van der Waals surface area contributed by atoms with Crippen LogP contribution in [0.15, 0.2) is 12.4 Å². The molecule has 1 aromatic heterocycles. The molecule has 2 rings (SSSR count).